The first-order valence-corrected chi connectivity index (χ1v) is 8.01. The lowest BCUT2D eigenvalue weighted by Crippen LogP contribution is -2.29. The van der Waals surface area contributed by atoms with Crippen LogP contribution < -0.4 is 5.84 Å². The summed E-state index contributed by atoms with van der Waals surface area (Å²) in [5.41, 5.74) is 0.675. The molecule has 0 spiro atoms. The molecule has 116 valence electrons. The van der Waals surface area contributed by atoms with Gasteiger partial charge in [-0.3, -0.25) is 4.79 Å². The monoisotopic (exact) mass is 321 g/mol. The van der Waals surface area contributed by atoms with E-state index < -0.39 is 0 Å². The number of benzene rings is 1. The van der Waals surface area contributed by atoms with Crippen molar-refractivity contribution in [3.8, 4) is 11.4 Å². The van der Waals surface area contributed by atoms with Gasteiger partial charge in [-0.2, -0.15) is 0 Å². The maximum atomic E-state index is 12.9. The number of amides is 1. The first-order chi connectivity index (χ1) is 10.6. The Morgan fingerprint density at radius 3 is 2.59 bits per heavy atom. The number of thioether (sulfide) groups is 1. The molecule has 1 aliphatic rings. The average Bonchev–Trinajstić information content (AvgIpc) is 3.16. The number of nitrogens with zero attached hydrogens (tertiary/aromatic N) is 4. The predicted molar refractivity (Wildman–Crippen MR) is 82.1 cm³/mol. The van der Waals surface area contributed by atoms with Crippen molar-refractivity contribution in [1.82, 2.24) is 19.8 Å². The van der Waals surface area contributed by atoms with Crippen LogP contribution in [0.1, 0.15) is 12.8 Å². The van der Waals surface area contributed by atoms with Gasteiger partial charge in [0, 0.05) is 18.7 Å². The molecule has 1 aromatic heterocycles. The third-order valence-corrected chi connectivity index (χ3v) is 4.48. The molecule has 0 unspecified atom stereocenters. The second kappa shape index (κ2) is 6.35. The van der Waals surface area contributed by atoms with Crippen LogP contribution in [0.4, 0.5) is 4.39 Å². The van der Waals surface area contributed by atoms with E-state index in [4.69, 9.17) is 5.84 Å². The zero-order chi connectivity index (χ0) is 15.5. The summed E-state index contributed by atoms with van der Waals surface area (Å²) in [6.07, 6.45) is 2.14. The number of hydrogen-bond donors (Lipinski definition) is 1. The van der Waals surface area contributed by atoms with Gasteiger partial charge in [-0.1, -0.05) is 11.8 Å². The Morgan fingerprint density at radius 2 is 1.91 bits per heavy atom. The largest absolute Gasteiger partial charge is 0.342 e. The summed E-state index contributed by atoms with van der Waals surface area (Å²) >= 11 is 1.26. The van der Waals surface area contributed by atoms with Gasteiger partial charge in [0.25, 0.3) is 0 Å². The first kappa shape index (κ1) is 14.8. The number of rotatable bonds is 4. The smallest absolute Gasteiger partial charge is 0.233 e. The third kappa shape index (κ3) is 3.06. The van der Waals surface area contributed by atoms with Crippen molar-refractivity contribution < 1.29 is 9.18 Å². The fourth-order valence-electron chi connectivity index (χ4n) is 2.36. The molecule has 2 aromatic rings. The summed E-state index contributed by atoms with van der Waals surface area (Å²) in [6.45, 7) is 1.66. The summed E-state index contributed by atoms with van der Waals surface area (Å²) < 4.78 is 14.3. The fraction of sp³-hybridized carbons (Fsp3) is 0.357. The van der Waals surface area contributed by atoms with Crippen molar-refractivity contribution in [2.45, 2.75) is 18.0 Å². The summed E-state index contributed by atoms with van der Waals surface area (Å²) in [6, 6.07) is 5.86. The molecule has 2 N–H and O–H groups in total. The van der Waals surface area contributed by atoms with E-state index in [2.05, 4.69) is 10.2 Å². The second-order valence-corrected chi connectivity index (χ2v) is 6.00. The number of halogens is 1. The van der Waals surface area contributed by atoms with Gasteiger partial charge >= 0.3 is 0 Å². The molecule has 0 saturated carbocycles. The number of carbonyl (C=O) groups excluding carboxylic acids is 1. The van der Waals surface area contributed by atoms with E-state index in [0.29, 0.717) is 22.3 Å². The highest BCUT2D eigenvalue weighted by atomic mass is 32.2. The molecule has 1 aromatic carbocycles. The van der Waals surface area contributed by atoms with Gasteiger partial charge in [-0.05, 0) is 37.1 Å². The first-order valence-electron chi connectivity index (χ1n) is 7.02. The van der Waals surface area contributed by atoms with E-state index in [-0.39, 0.29) is 11.7 Å². The molecular weight excluding hydrogens is 305 g/mol. The Labute approximate surface area is 131 Å². The predicted octanol–water partition coefficient (Wildman–Crippen LogP) is 1.51. The van der Waals surface area contributed by atoms with Gasteiger partial charge in [0.15, 0.2) is 5.82 Å². The molecule has 8 heteroatoms. The molecule has 1 aliphatic heterocycles. The molecule has 1 fully saturated rings. The molecular formula is C14H16FN5OS. The van der Waals surface area contributed by atoms with Crippen LogP contribution in [0, 0.1) is 5.82 Å². The number of nitrogens with two attached hydrogens (primary N) is 1. The molecule has 0 atom stereocenters. The molecule has 1 saturated heterocycles. The van der Waals surface area contributed by atoms with Crippen molar-refractivity contribution in [3.05, 3.63) is 30.1 Å². The van der Waals surface area contributed by atoms with Crippen LogP contribution >= 0.6 is 11.8 Å². The molecule has 0 bridgehead atoms. The van der Waals surface area contributed by atoms with E-state index in [1.165, 1.54) is 28.6 Å². The summed E-state index contributed by atoms with van der Waals surface area (Å²) in [7, 11) is 0. The lowest BCUT2D eigenvalue weighted by Gasteiger charge is -2.14. The Morgan fingerprint density at radius 1 is 1.23 bits per heavy atom. The van der Waals surface area contributed by atoms with Gasteiger partial charge < -0.3 is 10.7 Å². The van der Waals surface area contributed by atoms with Gasteiger partial charge in [0.1, 0.15) is 5.82 Å². The number of carbonyl (C=O) groups is 1. The van der Waals surface area contributed by atoms with E-state index in [9.17, 15) is 9.18 Å². The SMILES string of the molecule is Nn1c(SCC(=O)N2CCCC2)nnc1-c1ccc(F)cc1. The zero-order valence-corrected chi connectivity index (χ0v) is 12.7. The Balaban J connectivity index is 1.68. The highest BCUT2D eigenvalue weighted by Gasteiger charge is 2.19. The number of nitrogen functional groups attached to an aromatic ring is 1. The molecule has 3 rings (SSSR count). The molecule has 0 radical (unpaired) electrons. The van der Waals surface area contributed by atoms with Gasteiger partial charge in [-0.15, -0.1) is 10.2 Å². The normalized spacial score (nSPS) is 14.5. The quantitative estimate of drug-likeness (QED) is 0.682. The van der Waals surface area contributed by atoms with E-state index >= 15 is 0 Å². The highest BCUT2D eigenvalue weighted by molar-refractivity contribution is 7.99. The van der Waals surface area contributed by atoms with Crippen molar-refractivity contribution in [3.63, 3.8) is 0 Å². The van der Waals surface area contributed by atoms with E-state index in [1.54, 1.807) is 12.1 Å². The van der Waals surface area contributed by atoms with E-state index in [1.807, 2.05) is 4.90 Å². The number of hydrogen-bond acceptors (Lipinski definition) is 5. The fourth-order valence-corrected chi connectivity index (χ4v) is 3.11. The summed E-state index contributed by atoms with van der Waals surface area (Å²) in [4.78, 5) is 13.9. The summed E-state index contributed by atoms with van der Waals surface area (Å²) in [5.74, 6) is 6.47. The molecule has 1 amide bonds. The maximum absolute atomic E-state index is 12.9. The Hall–Kier alpha value is -2.09. The lowest BCUT2D eigenvalue weighted by atomic mass is 10.2. The van der Waals surface area contributed by atoms with Crippen LogP contribution in [-0.2, 0) is 4.79 Å². The lowest BCUT2D eigenvalue weighted by molar-refractivity contribution is -0.127. The average molecular weight is 321 g/mol. The number of likely N-dealkylation sites (tertiary alicyclic amines) is 1. The Kier molecular flexibility index (Phi) is 4.28. The van der Waals surface area contributed by atoms with Gasteiger partial charge in [0.2, 0.25) is 11.1 Å². The minimum atomic E-state index is -0.322. The van der Waals surface area contributed by atoms with E-state index in [0.717, 1.165) is 25.9 Å². The van der Waals surface area contributed by atoms with Crippen molar-refractivity contribution >= 4 is 17.7 Å². The van der Waals surface area contributed by atoms with Crippen molar-refractivity contribution in [2.24, 2.45) is 0 Å². The van der Waals surface area contributed by atoms with Crippen LogP contribution in [0.3, 0.4) is 0 Å². The van der Waals surface area contributed by atoms with Crippen LogP contribution in [0.15, 0.2) is 29.4 Å². The minimum absolute atomic E-state index is 0.0915. The molecule has 22 heavy (non-hydrogen) atoms. The topological polar surface area (TPSA) is 77.0 Å². The highest BCUT2D eigenvalue weighted by Crippen LogP contribution is 2.22. The molecule has 0 aliphatic carbocycles. The maximum Gasteiger partial charge on any atom is 0.233 e. The standard InChI is InChI=1S/C14H16FN5OS/c15-11-5-3-10(4-6-11)13-17-18-14(20(13)16)22-9-12(21)19-7-1-2-8-19/h3-6H,1-2,7-9,16H2. The molecule has 6 nitrogen and oxygen atoms in total. The van der Waals surface area contributed by atoms with Gasteiger partial charge in [-0.25, -0.2) is 9.07 Å². The van der Waals surface area contributed by atoms with Crippen molar-refractivity contribution in [1.29, 1.82) is 0 Å². The van der Waals surface area contributed by atoms with Crippen LogP contribution in [0.25, 0.3) is 11.4 Å². The Bertz CT molecular complexity index is 666. The van der Waals surface area contributed by atoms with Crippen molar-refractivity contribution in [2.75, 3.05) is 24.7 Å². The van der Waals surface area contributed by atoms with Gasteiger partial charge in [0.05, 0.1) is 5.75 Å². The summed E-state index contributed by atoms with van der Waals surface area (Å²) in [5, 5.41) is 8.48. The van der Waals surface area contributed by atoms with Crippen LogP contribution in [0.5, 0.6) is 0 Å². The number of aromatic nitrogens is 3. The molecule has 2 heterocycles. The van der Waals surface area contributed by atoms with Crippen LogP contribution in [-0.4, -0.2) is 44.5 Å². The third-order valence-electron chi connectivity index (χ3n) is 3.55. The second-order valence-electron chi connectivity index (χ2n) is 5.06. The zero-order valence-electron chi connectivity index (χ0n) is 11.9. The minimum Gasteiger partial charge on any atom is -0.342 e. The van der Waals surface area contributed by atoms with Crippen LogP contribution in [0.2, 0.25) is 0 Å².